The van der Waals surface area contributed by atoms with Gasteiger partial charge in [0.1, 0.15) is 6.33 Å². The maximum absolute atomic E-state index is 13.2. The quantitative estimate of drug-likeness (QED) is 0.683. The molecule has 86 valence electrons. The van der Waals surface area contributed by atoms with E-state index < -0.39 is 17.5 Å². The van der Waals surface area contributed by atoms with Crippen molar-refractivity contribution in [3.63, 3.8) is 0 Å². The highest BCUT2D eigenvalue weighted by Gasteiger charge is 2.16. The Hall–Kier alpha value is -1.92. The SMILES string of the molecule is CC(F)n1cnc2c1c(=O)n(C)c(=O)n2C. The largest absolute Gasteiger partial charge is 0.332 e. The minimum Gasteiger partial charge on any atom is -0.293 e. The van der Waals surface area contributed by atoms with E-state index in [0.717, 1.165) is 9.13 Å². The molecule has 1 atom stereocenters. The molecule has 1 unspecified atom stereocenters. The van der Waals surface area contributed by atoms with Crippen molar-refractivity contribution in [3.05, 3.63) is 27.2 Å². The van der Waals surface area contributed by atoms with Gasteiger partial charge in [-0.25, -0.2) is 14.2 Å². The molecule has 0 fully saturated rings. The van der Waals surface area contributed by atoms with Crippen molar-refractivity contribution in [3.8, 4) is 0 Å². The number of hydrogen-bond donors (Lipinski definition) is 0. The van der Waals surface area contributed by atoms with E-state index in [1.54, 1.807) is 0 Å². The summed E-state index contributed by atoms with van der Waals surface area (Å²) >= 11 is 0. The zero-order valence-electron chi connectivity index (χ0n) is 9.14. The molecule has 7 heteroatoms. The molecule has 2 aromatic heterocycles. The van der Waals surface area contributed by atoms with Crippen LogP contribution in [0.15, 0.2) is 15.9 Å². The topological polar surface area (TPSA) is 61.8 Å². The summed E-state index contributed by atoms with van der Waals surface area (Å²) in [4.78, 5) is 27.2. The second kappa shape index (κ2) is 3.29. The van der Waals surface area contributed by atoms with Gasteiger partial charge in [-0.15, -0.1) is 0 Å². The number of halogens is 1. The summed E-state index contributed by atoms with van der Waals surface area (Å²) in [6.07, 6.45) is -0.147. The minimum atomic E-state index is -1.37. The smallest absolute Gasteiger partial charge is 0.293 e. The molecule has 0 radical (unpaired) electrons. The highest BCUT2D eigenvalue weighted by atomic mass is 19.1. The Kier molecular flexibility index (Phi) is 2.18. The van der Waals surface area contributed by atoms with Crippen LogP contribution in [0.1, 0.15) is 13.2 Å². The van der Waals surface area contributed by atoms with Gasteiger partial charge in [-0.2, -0.15) is 0 Å². The standard InChI is InChI=1S/C9H11FN4O2/c1-5(10)14-4-11-7-6(14)8(15)13(3)9(16)12(7)2/h4-5H,1-3H3. The van der Waals surface area contributed by atoms with Crippen molar-refractivity contribution in [1.82, 2.24) is 18.7 Å². The first-order valence-electron chi connectivity index (χ1n) is 4.71. The Morgan fingerprint density at radius 3 is 2.50 bits per heavy atom. The fourth-order valence-corrected chi connectivity index (χ4v) is 1.63. The molecule has 0 aliphatic rings. The first-order valence-corrected chi connectivity index (χ1v) is 4.71. The van der Waals surface area contributed by atoms with E-state index >= 15 is 0 Å². The lowest BCUT2D eigenvalue weighted by Gasteiger charge is -2.06. The first kappa shape index (κ1) is 10.6. The van der Waals surface area contributed by atoms with Crippen molar-refractivity contribution < 1.29 is 4.39 Å². The van der Waals surface area contributed by atoms with Gasteiger partial charge in [0.15, 0.2) is 17.5 Å². The maximum atomic E-state index is 13.2. The summed E-state index contributed by atoms with van der Waals surface area (Å²) in [5, 5.41) is 0. The zero-order chi connectivity index (χ0) is 12.0. The number of alkyl halides is 1. The summed E-state index contributed by atoms with van der Waals surface area (Å²) in [7, 11) is 2.84. The van der Waals surface area contributed by atoms with Crippen LogP contribution in [0.25, 0.3) is 11.2 Å². The number of nitrogens with zero attached hydrogens (tertiary/aromatic N) is 4. The molecule has 2 rings (SSSR count). The van der Waals surface area contributed by atoms with Gasteiger partial charge in [0.2, 0.25) is 0 Å². The molecule has 6 nitrogen and oxygen atoms in total. The van der Waals surface area contributed by atoms with Gasteiger partial charge in [0.25, 0.3) is 5.56 Å². The Balaban J connectivity index is 3.07. The zero-order valence-corrected chi connectivity index (χ0v) is 9.14. The summed E-state index contributed by atoms with van der Waals surface area (Å²) in [5.41, 5.74) is -0.730. The summed E-state index contributed by atoms with van der Waals surface area (Å²) in [5.74, 6) is 0. The van der Waals surface area contributed by atoms with Crippen LogP contribution in [0.3, 0.4) is 0 Å². The lowest BCUT2D eigenvalue weighted by molar-refractivity contribution is 0.274. The highest BCUT2D eigenvalue weighted by molar-refractivity contribution is 5.70. The number of rotatable bonds is 1. The molecule has 0 saturated heterocycles. The van der Waals surface area contributed by atoms with Crippen molar-refractivity contribution >= 4 is 11.2 Å². The van der Waals surface area contributed by atoms with Crippen LogP contribution in [-0.2, 0) is 14.1 Å². The molecule has 0 saturated carbocycles. The van der Waals surface area contributed by atoms with Crippen LogP contribution >= 0.6 is 0 Å². The van der Waals surface area contributed by atoms with E-state index in [0.29, 0.717) is 0 Å². The molecular weight excluding hydrogens is 215 g/mol. The van der Waals surface area contributed by atoms with Crippen LogP contribution in [0.5, 0.6) is 0 Å². The molecule has 16 heavy (non-hydrogen) atoms. The molecule has 0 aliphatic heterocycles. The van der Waals surface area contributed by atoms with E-state index in [4.69, 9.17) is 0 Å². The predicted molar refractivity (Wildman–Crippen MR) is 56.0 cm³/mol. The summed E-state index contributed by atoms with van der Waals surface area (Å²) < 4.78 is 16.5. The fraction of sp³-hybridized carbons (Fsp3) is 0.444. The molecule has 0 N–H and O–H groups in total. The van der Waals surface area contributed by atoms with Gasteiger partial charge >= 0.3 is 5.69 Å². The van der Waals surface area contributed by atoms with Crippen LogP contribution < -0.4 is 11.2 Å². The molecular formula is C9H11FN4O2. The fourth-order valence-electron chi connectivity index (χ4n) is 1.63. The average Bonchev–Trinajstić information content (AvgIpc) is 2.67. The molecule has 0 spiro atoms. The van der Waals surface area contributed by atoms with Gasteiger partial charge in [0.05, 0.1) is 0 Å². The third kappa shape index (κ3) is 1.21. The number of aromatic nitrogens is 4. The van der Waals surface area contributed by atoms with Crippen molar-refractivity contribution in [2.24, 2.45) is 14.1 Å². The minimum absolute atomic E-state index is 0.0969. The third-order valence-corrected chi connectivity index (χ3v) is 2.56. The highest BCUT2D eigenvalue weighted by Crippen LogP contribution is 2.13. The van der Waals surface area contributed by atoms with E-state index in [2.05, 4.69) is 4.98 Å². The van der Waals surface area contributed by atoms with Gasteiger partial charge in [-0.1, -0.05) is 0 Å². The summed E-state index contributed by atoms with van der Waals surface area (Å²) in [6.45, 7) is 1.30. The van der Waals surface area contributed by atoms with Gasteiger partial charge in [-0.05, 0) is 6.92 Å². The first-order chi connectivity index (χ1) is 7.45. The normalized spacial score (nSPS) is 13.2. The molecule has 0 aromatic carbocycles. The molecule has 2 aromatic rings. The van der Waals surface area contributed by atoms with Gasteiger partial charge < -0.3 is 0 Å². The van der Waals surface area contributed by atoms with Crippen molar-refractivity contribution in [2.45, 2.75) is 13.2 Å². The Morgan fingerprint density at radius 2 is 1.94 bits per heavy atom. The molecule has 2 heterocycles. The van der Waals surface area contributed by atoms with Crippen molar-refractivity contribution in [2.75, 3.05) is 0 Å². The number of aryl methyl sites for hydroxylation is 1. The number of fused-ring (bicyclic) bond motifs is 1. The molecule has 0 amide bonds. The van der Waals surface area contributed by atoms with Gasteiger partial charge in [-0.3, -0.25) is 18.5 Å². The lowest BCUT2D eigenvalue weighted by Crippen LogP contribution is -2.37. The molecule has 0 bridgehead atoms. The van der Waals surface area contributed by atoms with E-state index in [1.807, 2.05) is 0 Å². The van der Waals surface area contributed by atoms with Crippen LogP contribution in [0.4, 0.5) is 4.39 Å². The number of hydrogen-bond acceptors (Lipinski definition) is 3. The van der Waals surface area contributed by atoms with E-state index in [1.165, 1.54) is 31.9 Å². The van der Waals surface area contributed by atoms with E-state index in [-0.39, 0.29) is 11.2 Å². The molecule has 0 aliphatic carbocycles. The van der Waals surface area contributed by atoms with Crippen LogP contribution in [0, 0.1) is 0 Å². The van der Waals surface area contributed by atoms with Gasteiger partial charge in [0, 0.05) is 14.1 Å². The van der Waals surface area contributed by atoms with Crippen molar-refractivity contribution in [1.29, 1.82) is 0 Å². The Morgan fingerprint density at radius 1 is 1.31 bits per heavy atom. The monoisotopic (exact) mass is 226 g/mol. The second-order valence-corrected chi connectivity index (χ2v) is 3.60. The third-order valence-electron chi connectivity index (χ3n) is 2.56. The Bertz CT molecular complexity index is 664. The predicted octanol–water partition coefficient (Wildman–Crippen LogP) is -0.0783. The second-order valence-electron chi connectivity index (χ2n) is 3.60. The van der Waals surface area contributed by atoms with Crippen LogP contribution in [-0.4, -0.2) is 18.7 Å². The number of imidazole rings is 1. The van der Waals surface area contributed by atoms with E-state index in [9.17, 15) is 14.0 Å². The Labute approximate surface area is 89.6 Å². The maximum Gasteiger partial charge on any atom is 0.332 e. The summed E-state index contributed by atoms with van der Waals surface area (Å²) in [6, 6.07) is 0. The van der Waals surface area contributed by atoms with Crippen LogP contribution in [0.2, 0.25) is 0 Å². The average molecular weight is 226 g/mol. The lowest BCUT2D eigenvalue weighted by atomic mass is 10.5.